The topological polar surface area (TPSA) is 169 Å². The number of benzene rings is 1. The number of aliphatic hydroxyl groups excluding tert-OH is 4. The van der Waals surface area contributed by atoms with E-state index in [2.05, 4.69) is 10.6 Å². The predicted molar refractivity (Wildman–Crippen MR) is 109 cm³/mol. The van der Waals surface area contributed by atoms with Crippen LogP contribution in [0.15, 0.2) is 0 Å². The standard InChI is InChI=1S/C19H26F5N2O8P/c20-13-9(14(21)16(23)17(24)15(13)22)5-12(29)25-2-1-3-34-35(32,33)7-8(28)4-10-18(30)19(31)11(6-27)26-10/h8,10-11,18-19,26-28,30-31H,1-7H2,(H,25,29)(H,32,33)/t8-,10-,11-,18-,19-/m1/s1. The fourth-order valence-corrected chi connectivity index (χ4v) is 4.74. The summed E-state index contributed by atoms with van der Waals surface area (Å²) in [5.41, 5.74) is -1.30. The van der Waals surface area contributed by atoms with Gasteiger partial charge in [-0.15, -0.1) is 0 Å². The van der Waals surface area contributed by atoms with Crippen LogP contribution in [0.5, 0.6) is 0 Å². The summed E-state index contributed by atoms with van der Waals surface area (Å²) in [6, 6.07) is -1.66. The molecule has 10 nitrogen and oxygen atoms in total. The van der Waals surface area contributed by atoms with Gasteiger partial charge in [0.2, 0.25) is 11.7 Å². The van der Waals surface area contributed by atoms with Crippen LogP contribution in [0, 0.1) is 29.1 Å². The number of carbonyl (C=O) groups excluding carboxylic acids is 1. The molecule has 0 aliphatic carbocycles. The summed E-state index contributed by atoms with van der Waals surface area (Å²) in [6.07, 6.45) is -6.15. The Morgan fingerprint density at radius 3 is 2.11 bits per heavy atom. The second kappa shape index (κ2) is 12.5. The monoisotopic (exact) mass is 536 g/mol. The summed E-state index contributed by atoms with van der Waals surface area (Å²) in [5, 5.41) is 43.6. The molecule has 7 N–H and O–H groups in total. The van der Waals surface area contributed by atoms with Crippen molar-refractivity contribution < 1.29 is 61.2 Å². The Balaban J connectivity index is 1.73. The molecule has 35 heavy (non-hydrogen) atoms. The Labute approximate surface area is 196 Å². The number of amides is 1. The summed E-state index contributed by atoms with van der Waals surface area (Å²) in [7, 11) is -4.31. The molecule has 1 heterocycles. The number of nitrogens with one attached hydrogen (secondary N) is 2. The van der Waals surface area contributed by atoms with Crippen molar-refractivity contribution in [2.45, 2.75) is 49.7 Å². The number of rotatable bonds is 12. The first-order valence-electron chi connectivity index (χ1n) is 10.4. The zero-order valence-corrected chi connectivity index (χ0v) is 19.0. The molecule has 1 aliphatic rings. The fraction of sp³-hybridized carbons (Fsp3) is 0.632. The fourth-order valence-electron chi connectivity index (χ4n) is 3.54. The lowest BCUT2D eigenvalue weighted by atomic mass is 10.0. The van der Waals surface area contributed by atoms with Crippen molar-refractivity contribution >= 4 is 13.5 Å². The first-order valence-corrected chi connectivity index (χ1v) is 12.2. The summed E-state index contributed by atoms with van der Waals surface area (Å²) in [5.74, 6) is -12.0. The molecule has 1 saturated heterocycles. The molecule has 200 valence electrons. The van der Waals surface area contributed by atoms with Gasteiger partial charge >= 0.3 is 7.60 Å². The molecule has 0 aromatic heterocycles. The maximum absolute atomic E-state index is 13.6. The number of carbonyl (C=O) groups is 1. The third-order valence-corrected chi connectivity index (χ3v) is 6.81. The lowest BCUT2D eigenvalue weighted by Gasteiger charge is -2.21. The first-order chi connectivity index (χ1) is 16.3. The highest BCUT2D eigenvalue weighted by molar-refractivity contribution is 7.52. The molecule has 1 aromatic rings. The van der Waals surface area contributed by atoms with Crippen molar-refractivity contribution in [3.05, 3.63) is 34.6 Å². The van der Waals surface area contributed by atoms with Crippen molar-refractivity contribution in [2.75, 3.05) is 25.9 Å². The third kappa shape index (κ3) is 7.64. The molecule has 6 atom stereocenters. The van der Waals surface area contributed by atoms with Gasteiger partial charge < -0.3 is 40.5 Å². The molecule has 1 amide bonds. The zero-order chi connectivity index (χ0) is 26.5. The van der Waals surface area contributed by atoms with Crippen molar-refractivity contribution in [3.8, 4) is 0 Å². The van der Waals surface area contributed by atoms with Crippen LogP contribution >= 0.6 is 7.60 Å². The second-order valence-electron chi connectivity index (χ2n) is 8.01. The molecule has 0 radical (unpaired) electrons. The van der Waals surface area contributed by atoms with E-state index in [0.717, 1.165) is 0 Å². The Kier molecular flexibility index (Phi) is 10.5. The van der Waals surface area contributed by atoms with Gasteiger partial charge in [0, 0.05) is 18.2 Å². The summed E-state index contributed by atoms with van der Waals surface area (Å²) in [4.78, 5) is 21.6. The highest BCUT2D eigenvalue weighted by Gasteiger charge is 2.41. The number of hydrogen-bond acceptors (Lipinski definition) is 8. The van der Waals surface area contributed by atoms with Crippen LogP contribution in [0.4, 0.5) is 22.0 Å². The van der Waals surface area contributed by atoms with Crippen LogP contribution in [0.3, 0.4) is 0 Å². The van der Waals surface area contributed by atoms with E-state index in [1.807, 2.05) is 0 Å². The number of halogens is 5. The normalized spacial score (nSPS) is 24.9. The van der Waals surface area contributed by atoms with E-state index in [9.17, 15) is 51.5 Å². The molecule has 0 saturated carbocycles. The highest BCUT2D eigenvalue weighted by Crippen LogP contribution is 2.43. The minimum absolute atomic E-state index is 0.0727. The van der Waals surface area contributed by atoms with Gasteiger partial charge in [-0.3, -0.25) is 9.36 Å². The minimum atomic E-state index is -4.31. The minimum Gasteiger partial charge on any atom is -0.395 e. The van der Waals surface area contributed by atoms with Crippen molar-refractivity contribution in [2.24, 2.45) is 0 Å². The Hall–Kier alpha value is -1.71. The Bertz CT molecular complexity index is 929. The average molecular weight is 536 g/mol. The lowest BCUT2D eigenvalue weighted by Crippen LogP contribution is -2.38. The van der Waals surface area contributed by atoms with E-state index < -0.39 is 97.7 Å². The van der Waals surface area contributed by atoms with E-state index in [1.165, 1.54) is 0 Å². The van der Waals surface area contributed by atoms with Gasteiger partial charge in [-0.05, 0) is 12.8 Å². The van der Waals surface area contributed by atoms with E-state index in [4.69, 9.17) is 9.63 Å². The first kappa shape index (κ1) is 29.5. The van der Waals surface area contributed by atoms with E-state index in [-0.39, 0.29) is 26.0 Å². The van der Waals surface area contributed by atoms with Crippen LogP contribution in [-0.4, -0.2) is 87.5 Å². The molecular weight excluding hydrogens is 510 g/mol. The zero-order valence-electron chi connectivity index (χ0n) is 18.1. The molecule has 1 unspecified atom stereocenters. The average Bonchev–Trinajstić information content (AvgIpc) is 3.06. The third-order valence-electron chi connectivity index (χ3n) is 5.34. The van der Waals surface area contributed by atoms with Gasteiger partial charge in [0.05, 0.1) is 50.2 Å². The maximum Gasteiger partial charge on any atom is 0.330 e. The summed E-state index contributed by atoms with van der Waals surface area (Å²) in [6.45, 7) is -1.08. The number of aliphatic hydroxyl groups is 4. The summed E-state index contributed by atoms with van der Waals surface area (Å²) >= 11 is 0. The predicted octanol–water partition coefficient (Wildman–Crippen LogP) is -0.562. The van der Waals surface area contributed by atoms with Gasteiger partial charge in [0.15, 0.2) is 23.3 Å². The Morgan fingerprint density at radius 2 is 1.57 bits per heavy atom. The van der Waals surface area contributed by atoms with Crippen LogP contribution < -0.4 is 10.6 Å². The van der Waals surface area contributed by atoms with Gasteiger partial charge in [-0.1, -0.05) is 0 Å². The van der Waals surface area contributed by atoms with Crippen LogP contribution in [0.2, 0.25) is 0 Å². The molecule has 1 aliphatic heterocycles. The van der Waals surface area contributed by atoms with Crippen molar-refractivity contribution in [1.82, 2.24) is 10.6 Å². The van der Waals surface area contributed by atoms with Crippen LogP contribution in [-0.2, 0) is 20.3 Å². The van der Waals surface area contributed by atoms with Gasteiger partial charge in [-0.25, -0.2) is 22.0 Å². The summed E-state index contributed by atoms with van der Waals surface area (Å²) < 4.78 is 83.5. The van der Waals surface area contributed by atoms with E-state index in [0.29, 0.717) is 0 Å². The van der Waals surface area contributed by atoms with Gasteiger partial charge in [-0.2, -0.15) is 0 Å². The van der Waals surface area contributed by atoms with Crippen molar-refractivity contribution in [3.63, 3.8) is 0 Å². The molecule has 16 heteroatoms. The molecule has 0 spiro atoms. The van der Waals surface area contributed by atoms with Crippen LogP contribution in [0.25, 0.3) is 0 Å². The van der Waals surface area contributed by atoms with Gasteiger partial charge in [0.1, 0.15) is 0 Å². The van der Waals surface area contributed by atoms with Crippen LogP contribution in [0.1, 0.15) is 18.4 Å². The number of hydrogen-bond donors (Lipinski definition) is 7. The molecule has 1 fully saturated rings. The van der Waals surface area contributed by atoms with E-state index >= 15 is 0 Å². The lowest BCUT2D eigenvalue weighted by molar-refractivity contribution is -0.120. The highest BCUT2D eigenvalue weighted by atomic mass is 31.2. The quantitative estimate of drug-likeness (QED) is 0.0609. The molecule has 0 bridgehead atoms. The molecule has 1 aromatic carbocycles. The van der Waals surface area contributed by atoms with Gasteiger partial charge in [0.25, 0.3) is 0 Å². The maximum atomic E-state index is 13.6. The van der Waals surface area contributed by atoms with Crippen molar-refractivity contribution in [1.29, 1.82) is 0 Å². The smallest absolute Gasteiger partial charge is 0.330 e. The van der Waals surface area contributed by atoms with E-state index in [1.54, 1.807) is 0 Å². The SMILES string of the molecule is O=C(Cc1c(F)c(F)c(F)c(F)c1F)NCCCOP(=O)(O)C[C@H](O)C[C@H]1N[C@H](CO)[C@@H](O)[C@@H]1O. The second-order valence-corrected chi connectivity index (χ2v) is 9.91. The largest absolute Gasteiger partial charge is 0.395 e. The Morgan fingerprint density at radius 1 is 1.03 bits per heavy atom. The molecular formula is C19H26F5N2O8P. The molecule has 2 rings (SSSR count).